The van der Waals surface area contributed by atoms with Crippen molar-refractivity contribution >= 4 is 28.4 Å². The number of fused-ring (bicyclic) bond motifs is 1. The fourth-order valence-electron chi connectivity index (χ4n) is 5.28. The third kappa shape index (κ3) is 3.93. The summed E-state index contributed by atoms with van der Waals surface area (Å²) in [7, 11) is 3.67. The van der Waals surface area contributed by atoms with Crippen LogP contribution < -0.4 is 15.0 Å². The van der Waals surface area contributed by atoms with Gasteiger partial charge in [0, 0.05) is 73.5 Å². The quantitative estimate of drug-likeness (QED) is 0.445. The van der Waals surface area contributed by atoms with Crippen molar-refractivity contribution in [2.24, 2.45) is 12.5 Å². The lowest BCUT2D eigenvalue weighted by Crippen LogP contribution is -2.59. The number of nitrogens with zero attached hydrogens (tertiary/aromatic N) is 6. The summed E-state index contributed by atoms with van der Waals surface area (Å²) in [5.74, 6) is 3.03. The molecule has 6 rings (SSSR count). The van der Waals surface area contributed by atoms with Crippen molar-refractivity contribution in [3.8, 4) is 17.1 Å². The number of pyridine rings is 1. The number of hydrogen-bond donors (Lipinski definition) is 1. The first kappa shape index (κ1) is 22.7. The molecule has 1 spiro atoms. The summed E-state index contributed by atoms with van der Waals surface area (Å²) in [6.45, 7) is 7.76. The minimum atomic E-state index is 0.352. The maximum Gasteiger partial charge on any atom is 0.227 e. The molecule has 0 atom stereocenters. The van der Waals surface area contributed by atoms with Crippen molar-refractivity contribution in [3.05, 3.63) is 48.0 Å². The summed E-state index contributed by atoms with van der Waals surface area (Å²) in [5.41, 5.74) is 5.05. The van der Waals surface area contributed by atoms with E-state index in [1.807, 2.05) is 57.6 Å². The first-order valence-electron chi connectivity index (χ1n) is 12.4. The van der Waals surface area contributed by atoms with Gasteiger partial charge in [-0.15, -0.1) is 0 Å². The van der Waals surface area contributed by atoms with Gasteiger partial charge in [0.25, 0.3) is 0 Å². The minimum absolute atomic E-state index is 0.352. The van der Waals surface area contributed by atoms with E-state index in [9.17, 15) is 0 Å². The highest BCUT2D eigenvalue weighted by Gasteiger charge is 2.45. The van der Waals surface area contributed by atoms with E-state index >= 15 is 0 Å². The van der Waals surface area contributed by atoms with Gasteiger partial charge >= 0.3 is 0 Å². The van der Waals surface area contributed by atoms with Gasteiger partial charge in [-0.1, -0.05) is 0 Å². The molecule has 2 aliphatic rings. The molecule has 0 radical (unpaired) electrons. The zero-order valence-corrected chi connectivity index (χ0v) is 21.2. The first-order valence-corrected chi connectivity index (χ1v) is 12.4. The fraction of sp³-hybridized carbons (Fsp3) is 0.407. The van der Waals surface area contributed by atoms with Crippen molar-refractivity contribution in [3.63, 3.8) is 0 Å². The predicted octanol–water partition coefficient (Wildman–Crippen LogP) is 4.41. The van der Waals surface area contributed by atoms with E-state index in [0.29, 0.717) is 17.1 Å². The van der Waals surface area contributed by atoms with E-state index in [1.54, 1.807) is 7.11 Å². The summed E-state index contributed by atoms with van der Waals surface area (Å²) in [4.78, 5) is 21.2. The van der Waals surface area contributed by atoms with Crippen LogP contribution in [-0.4, -0.2) is 57.9 Å². The van der Waals surface area contributed by atoms with Crippen LogP contribution in [0.25, 0.3) is 22.3 Å². The molecule has 5 heterocycles. The molecule has 1 N–H and O–H groups in total. The minimum Gasteiger partial charge on any atom is -0.495 e. The maximum absolute atomic E-state index is 5.70. The van der Waals surface area contributed by atoms with Crippen molar-refractivity contribution < 1.29 is 9.47 Å². The molecule has 0 unspecified atom stereocenters. The van der Waals surface area contributed by atoms with Crippen LogP contribution in [0.5, 0.6) is 5.75 Å². The van der Waals surface area contributed by atoms with Gasteiger partial charge in [0.05, 0.1) is 12.8 Å². The number of anilines is 3. The number of aryl methyl sites for hydroxylation is 2. The second-order valence-electron chi connectivity index (χ2n) is 10.0. The van der Waals surface area contributed by atoms with Crippen LogP contribution in [-0.2, 0) is 11.8 Å². The molecule has 0 saturated carbocycles. The van der Waals surface area contributed by atoms with Crippen LogP contribution >= 0.6 is 0 Å². The highest BCUT2D eigenvalue weighted by molar-refractivity contribution is 5.90. The van der Waals surface area contributed by atoms with Gasteiger partial charge in [-0.2, -0.15) is 0 Å². The Balaban J connectivity index is 1.30. The molecule has 2 saturated heterocycles. The van der Waals surface area contributed by atoms with E-state index in [0.717, 1.165) is 84.3 Å². The van der Waals surface area contributed by atoms with Crippen molar-refractivity contribution in [1.82, 2.24) is 24.5 Å². The fourth-order valence-corrected chi connectivity index (χ4v) is 5.28. The summed E-state index contributed by atoms with van der Waals surface area (Å²) >= 11 is 0. The van der Waals surface area contributed by atoms with E-state index in [2.05, 4.69) is 24.8 Å². The number of aromatic nitrogens is 5. The van der Waals surface area contributed by atoms with Crippen molar-refractivity contribution in [2.75, 3.05) is 43.6 Å². The average molecular weight is 486 g/mol. The lowest BCUT2D eigenvalue weighted by Gasteiger charge is -2.52. The molecule has 1 aromatic carbocycles. The molecule has 3 aromatic heterocycles. The zero-order valence-electron chi connectivity index (χ0n) is 21.2. The summed E-state index contributed by atoms with van der Waals surface area (Å²) in [6.07, 6.45) is 5.96. The van der Waals surface area contributed by atoms with E-state index in [1.165, 1.54) is 0 Å². The molecule has 0 amide bonds. The highest BCUT2D eigenvalue weighted by Crippen LogP contribution is 2.43. The van der Waals surface area contributed by atoms with Crippen molar-refractivity contribution in [1.29, 1.82) is 0 Å². The number of hydrogen-bond acceptors (Lipinski definition) is 8. The Kier molecular flexibility index (Phi) is 5.52. The number of benzene rings is 1. The molecule has 9 nitrogen and oxygen atoms in total. The SMILES string of the molecule is COc1cc(-c2ncc(C)n2C)ccc1Nc1ncc2cc(C)nc(N3CC4(CCOCC4)C3)c2n1. The van der Waals surface area contributed by atoms with Crippen LogP contribution in [0.1, 0.15) is 24.2 Å². The molecular weight excluding hydrogens is 454 g/mol. The molecule has 186 valence electrons. The summed E-state index contributed by atoms with van der Waals surface area (Å²) < 4.78 is 13.3. The van der Waals surface area contributed by atoms with E-state index < -0.39 is 0 Å². The highest BCUT2D eigenvalue weighted by atomic mass is 16.5. The normalized spacial score (nSPS) is 16.8. The Hall–Kier alpha value is -3.72. The Morgan fingerprint density at radius 3 is 2.56 bits per heavy atom. The Labute approximate surface area is 210 Å². The van der Waals surface area contributed by atoms with Gasteiger partial charge < -0.3 is 24.3 Å². The van der Waals surface area contributed by atoms with Gasteiger partial charge in [-0.05, 0) is 51.0 Å². The van der Waals surface area contributed by atoms with Crippen LogP contribution in [0.15, 0.2) is 36.7 Å². The molecule has 2 fully saturated rings. The molecule has 0 aliphatic carbocycles. The predicted molar refractivity (Wildman–Crippen MR) is 140 cm³/mol. The van der Waals surface area contributed by atoms with Gasteiger partial charge in [-0.3, -0.25) is 0 Å². The topological polar surface area (TPSA) is 90.2 Å². The van der Waals surface area contributed by atoms with Gasteiger partial charge in [-0.25, -0.2) is 19.9 Å². The van der Waals surface area contributed by atoms with Gasteiger partial charge in [0.1, 0.15) is 17.1 Å². The van der Waals surface area contributed by atoms with Gasteiger partial charge in [0.2, 0.25) is 5.95 Å². The van der Waals surface area contributed by atoms with Crippen LogP contribution in [0, 0.1) is 19.3 Å². The molecule has 9 heteroatoms. The van der Waals surface area contributed by atoms with Crippen LogP contribution in [0.2, 0.25) is 0 Å². The second kappa shape index (κ2) is 8.74. The number of imidazole rings is 1. The van der Waals surface area contributed by atoms with Crippen molar-refractivity contribution in [2.45, 2.75) is 26.7 Å². The molecule has 2 aliphatic heterocycles. The third-order valence-electron chi connectivity index (χ3n) is 7.51. The monoisotopic (exact) mass is 485 g/mol. The average Bonchev–Trinajstić information content (AvgIpc) is 3.21. The number of nitrogens with one attached hydrogen (secondary N) is 1. The second-order valence-corrected chi connectivity index (χ2v) is 10.0. The Morgan fingerprint density at radius 2 is 1.83 bits per heavy atom. The molecular formula is C27H31N7O2. The third-order valence-corrected chi connectivity index (χ3v) is 7.51. The maximum atomic E-state index is 5.70. The number of methoxy groups -OCH3 is 1. The summed E-state index contributed by atoms with van der Waals surface area (Å²) in [5, 5.41) is 4.34. The number of ether oxygens (including phenoxy) is 2. The van der Waals surface area contributed by atoms with Crippen LogP contribution in [0.4, 0.5) is 17.5 Å². The number of rotatable bonds is 5. The summed E-state index contributed by atoms with van der Waals surface area (Å²) in [6, 6.07) is 8.02. The smallest absolute Gasteiger partial charge is 0.227 e. The first-order chi connectivity index (χ1) is 17.4. The van der Waals surface area contributed by atoms with E-state index in [-0.39, 0.29) is 0 Å². The zero-order chi connectivity index (χ0) is 24.9. The lowest BCUT2D eigenvalue weighted by atomic mass is 9.73. The van der Waals surface area contributed by atoms with Crippen LogP contribution in [0.3, 0.4) is 0 Å². The lowest BCUT2D eigenvalue weighted by molar-refractivity contribution is -0.000372. The largest absolute Gasteiger partial charge is 0.495 e. The Morgan fingerprint density at radius 1 is 1.03 bits per heavy atom. The van der Waals surface area contributed by atoms with Gasteiger partial charge in [0.15, 0.2) is 5.82 Å². The molecule has 36 heavy (non-hydrogen) atoms. The standard InChI is InChI=1S/C27H31N7O2/c1-17-11-20-14-29-26(32-23(20)25(30-17)34-15-27(16-34)7-9-36-10-8-27)31-21-6-5-19(12-22(21)35-4)24-28-13-18(2)33(24)3/h5-6,11-14H,7-10,15-16H2,1-4H3,(H,29,31,32). The molecule has 4 aromatic rings. The Bertz CT molecular complexity index is 1430. The molecule has 0 bridgehead atoms. The van der Waals surface area contributed by atoms with E-state index in [4.69, 9.17) is 19.4 Å².